The lowest BCUT2D eigenvalue weighted by atomic mass is 10.2. The first-order valence-electron chi connectivity index (χ1n) is 7.29. The van der Waals surface area contributed by atoms with Crippen LogP contribution in [0.25, 0.3) is 0 Å². The molecule has 0 saturated carbocycles. The van der Waals surface area contributed by atoms with Gasteiger partial charge in [-0.05, 0) is 20.2 Å². The summed E-state index contributed by atoms with van der Waals surface area (Å²) in [5.74, 6) is 0. The van der Waals surface area contributed by atoms with Crippen LogP contribution < -0.4 is 5.32 Å². The van der Waals surface area contributed by atoms with Crippen LogP contribution >= 0.6 is 11.8 Å². The van der Waals surface area contributed by atoms with Crippen LogP contribution in [0.3, 0.4) is 0 Å². The van der Waals surface area contributed by atoms with Crippen molar-refractivity contribution >= 4 is 11.8 Å². The van der Waals surface area contributed by atoms with Crippen LogP contribution in [0.15, 0.2) is 11.4 Å². The van der Waals surface area contributed by atoms with Crippen molar-refractivity contribution in [2.75, 3.05) is 46.0 Å². The minimum Gasteiger partial charge on any atom is -0.325 e. The molecule has 6 heteroatoms. The Bertz CT molecular complexity index is 412. The maximum Gasteiger partial charge on any atom is 0.167 e. The van der Waals surface area contributed by atoms with Gasteiger partial charge in [-0.2, -0.15) is 0 Å². The number of aromatic nitrogens is 2. The Morgan fingerprint density at radius 1 is 1.30 bits per heavy atom. The molecule has 1 unspecified atom stereocenters. The molecule has 1 aromatic heterocycles. The molecule has 5 nitrogen and oxygen atoms in total. The molecule has 1 N–H and O–H groups in total. The summed E-state index contributed by atoms with van der Waals surface area (Å²) < 4.78 is 2.17. The van der Waals surface area contributed by atoms with E-state index in [-0.39, 0.29) is 0 Å². The normalized spacial score (nSPS) is 19.4. The molecular weight excluding hydrogens is 270 g/mol. The molecule has 1 aromatic rings. The number of hydrogen-bond acceptors (Lipinski definition) is 5. The zero-order valence-corrected chi connectivity index (χ0v) is 13.9. The van der Waals surface area contributed by atoms with Crippen LogP contribution in [-0.2, 0) is 13.6 Å². The highest BCUT2D eigenvalue weighted by molar-refractivity contribution is 7.98. The van der Waals surface area contributed by atoms with E-state index < -0.39 is 0 Å². The molecule has 1 aliphatic rings. The Kier molecular flexibility index (Phi) is 5.89. The summed E-state index contributed by atoms with van der Waals surface area (Å²) in [5.41, 5.74) is 1.25. The summed E-state index contributed by atoms with van der Waals surface area (Å²) in [4.78, 5) is 9.35. The maximum absolute atomic E-state index is 4.41. The standard InChI is InChI=1S/C14H27N5S/c1-12(11-19-7-5-17(2)6-8-19)15-9-13-10-16-14(20-4)18(13)3/h10,12,15H,5-9,11H2,1-4H3. The van der Waals surface area contributed by atoms with Crippen LogP contribution in [-0.4, -0.2) is 71.4 Å². The minimum atomic E-state index is 0.506. The van der Waals surface area contributed by atoms with Gasteiger partial charge in [-0.1, -0.05) is 11.8 Å². The highest BCUT2D eigenvalue weighted by Gasteiger charge is 2.16. The third-order valence-electron chi connectivity index (χ3n) is 3.98. The molecule has 0 radical (unpaired) electrons. The molecular formula is C14H27N5S. The first-order valence-corrected chi connectivity index (χ1v) is 8.51. The second kappa shape index (κ2) is 7.45. The molecule has 0 spiro atoms. The van der Waals surface area contributed by atoms with Gasteiger partial charge in [0, 0.05) is 52.4 Å². The second-order valence-corrected chi connectivity index (χ2v) is 6.45. The SMILES string of the molecule is CSc1ncc(CNC(C)CN2CCN(C)CC2)n1C. The van der Waals surface area contributed by atoms with Crippen LogP contribution in [0.2, 0.25) is 0 Å². The molecule has 1 atom stereocenters. The molecule has 0 aromatic carbocycles. The van der Waals surface area contributed by atoms with Crippen LogP contribution in [0.1, 0.15) is 12.6 Å². The van der Waals surface area contributed by atoms with Gasteiger partial charge in [-0.15, -0.1) is 0 Å². The number of hydrogen-bond donors (Lipinski definition) is 1. The number of likely N-dealkylation sites (N-methyl/N-ethyl adjacent to an activating group) is 1. The topological polar surface area (TPSA) is 36.3 Å². The molecule has 2 rings (SSSR count). The van der Waals surface area contributed by atoms with Gasteiger partial charge >= 0.3 is 0 Å². The van der Waals surface area contributed by atoms with Crippen molar-refractivity contribution in [3.8, 4) is 0 Å². The quantitative estimate of drug-likeness (QED) is 0.789. The Morgan fingerprint density at radius 3 is 2.60 bits per heavy atom. The van der Waals surface area contributed by atoms with E-state index in [1.54, 1.807) is 11.8 Å². The van der Waals surface area contributed by atoms with Gasteiger partial charge in [0.2, 0.25) is 0 Å². The van der Waals surface area contributed by atoms with Gasteiger partial charge < -0.3 is 14.8 Å². The van der Waals surface area contributed by atoms with E-state index in [1.165, 1.54) is 31.9 Å². The van der Waals surface area contributed by atoms with E-state index in [1.807, 2.05) is 6.20 Å². The Balaban J connectivity index is 1.74. The lowest BCUT2D eigenvalue weighted by molar-refractivity contribution is 0.144. The molecule has 1 aliphatic heterocycles. The highest BCUT2D eigenvalue weighted by atomic mass is 32.2. The number of thioether (sulfide) groups is 1. The van der Waals surface area contributed by atoms with E-state index >= 15 is 0 Å². The van der Waals surface area contributed by atoms with Gasteiger partial charge in [-0.3, -0.25) is 4.90 Å². The van der Waals surface area contributed by atoms with Gasteiger partial charge in [0.05, 0.1) is 11.9 Å². The second-order valence-electron chi connectivity index (χ2n) is 5.68. The lowest BCUT2D eigenvalue weighted by Gasteiger charge is -2.34. The first kappa shape index (κ1) is 15.8. The maximum atomic E-state index is 4.41. The van der Waals surface area contributed by atoms with Crippen molar-refractivity contribution in [2.45, 2.75) is 24.7 Å². The fraction of sp³-hybridized carbons (Fsp3) is 0.786. The average molecular weight is 297 g/mol. The van der Waals surface area contributed by atoms with Crippen molar-refractivity contribution in [1.82, 2.24) is 24.7 Å². The number of piperazine rings is 1. The third kappa shape index (κ3) is 4.22. The third-order valence-corrected chi connectivity index (χ3v) is 4.73. The van der Waals surface area contributed by atoms with Crippen LogP contribution in [0.4, 0.5) is 0 Å². The van der Waals surface area contributed by atoms with Gasteiger partial charge in [0.15, 0.2) is 5.16 Å². The van der Waals surface area contributed by atoms with Crippen molar-refractivity contribution in [3.63, 3.8) is 0 Å². The summed E-state index contributed by atoms with van der Waals surface area (Å²) in [6.07, 6.45) is 4.04. The molecule has 20 heavy (non-hydrogen) atoms. The van der Waals surface area contributed by atoms with E-state index in [0.29, 0.717) is 6.04 Å². The first-order chi connectivity index (χ1) is 9.60. The average Bonchev–Trinajstić information content (AvgIpc) is 2.79. The van der Waals surface area contributed by atoms with Crippen molar-refractivity contribution < 1.29 is 0 Å². The Labute approximate surface area is 126 Å². The Morgan fingerprint density at radius 2 is 2.00 bits per heavy atom. The summed E-state index contributed by atoms with van der Waals surface area (Å²) in [7, 11) is 4.28. The van der Waals surface area contributed by atoms with Crippen LogP contribution in [0.5, 0.6) is 0 Å². The molecule has 1 fully saturated rings. The number of rotatable bonds is 6. The monoisotopic (exact) mass is 297 g/mol. The van der Waals surface area contributed by atoms with E-state index in [0.717, 1.165) is 18.2 Å². The van der Waals surface area contributed by atoms with Crippen molar-refractivity contribution in [1.29, 1.82) is 0 Å². The molecule has 0 amide bonds. The van der Waals surface area contributed by atoms with Gasteiger partial charge in [0.1, 0.15) is 0 Å². The number of nitrogens with one attached hydrogen (secondary N) is 1. The molecule has 0 aliphatic carbocycles. The van der Waals surface area contributed by atoms with Crippen molar-refractivity contribution in [3.05, 3.63) is 11.9 Å². The molecule has 2 heterocycles. The number of nitrogens with zero attached hydrogens (tertiary/aromatic N) is 4. The van der Waals surface area contributed by atoms with Gasteiger partial charge in [0.25, 0.3) is 0 Å². The van der Waals surface area contributed by atoms with Gasteiger partial charge in [-0.25, -0.2) is 4.98 Å². The van der Waals surface area contributed by atoms with E-state index in [2.05, 4.69) is 51.9 Å². The smallest absolute Gasteiger partial charge is 0.167 e. The summed E-state index contributed by atoms with van der Waals surface area (Å²) >= 11 is 1.69. The minimum absolute atomic E-state index is 0.506. The Hall–Kier alpha value is -0.560. The summed E-state index contributed by atoms with van der Waals surface area (Å²) in [6.45, 7) is 9.02. The number of imidazole rings is 1. The fourth-order valence-electron chi connectivity index (χ4n) is 2.54. The molecule has 1 saturated heterocycles. The molecule has 114 valence electrons. The fourth-order valence-corrected chi connectivity index (χ4v) is 3.09. The predicted molar refractivity (Wildman–Crippen MR) is 85.2 cm³/mol. The summed E-state index contributed by atoms with van der Waals surface area (Å²) in [5, 5.41) is 4.69. The van der Waals surface area contributed by atoms with Crippen molar-refractivity contribution in [2.24, 2.45) is 7.05 Å². The zero-order valence-electron chi connectivity index (χ0n) is 13.1. The zero-order chi connectivity index (χ0) is 14.5. The van der Waals surface area contributed by atoms with E-state index in [9.17, 15) is 0 Å². The lowest BCUT2D eigenvalue weighted by Crippen LogP contribution is -2.48. The van der Waals surface area contributed by atoms with E-state index in [4.69, 9.17) is 0 Å². The largest absolute Gasteiger partial charge is 0.325 e. The summed E-state index contributed by atoms with van der Waals surface area (Å²) in [6, 6.07) is 0.506. The van der Waals surface area contributed by atoms with Crippen LogP contribution in [0, 0.1) is 0 Å². The highest BCUT2D eigenvalue weighted by Crippen LogP contribution is 2.13. The molecule has 0 bridgehead atoms. The predicted octanol–water partition coefficient (Wildman–Crippen LogP) is 0.868.